The maximum absolute atomic E-state index is 10.9. The van der Waals surface area contributed by atoms with E-state index in [-0.39, 0.29) is 11.5 Å². The predicted molar refractivity (Wildman–Crippen MR) is 44.4 cm³/mol. The Labute approximate surface area is 68.1 Å². The van der Waals surface area contributed by atoms with E-state index in [2.05, 4.69) is 5.32 Å². The van der Waals surface area contributed by atoms with Crippen LogP contribution in [0.25, 0.3) is 0 Å². The number of rotatable bonds is 4. The largest absolute Gasteiger partial charge is 0.375 e. The Balaban J connectivity index is 3.80. The Kier molecular flexibility index (Phi) is 4.11. The average Bonchev–Trinajstić information content (AvgIpc) is 1.86. The number of carbonyl (C=O) groups excluding carboxylic acids is 1. The van der Waals surface area contributed by atoms with Crippen LogP contribution >= 0.6 is 0 Å². The predicted octanol–water partition coefficient (Wildman–Crippen LogP) is 0.938. The fourth-order valence-corrected chi connectivity index (χ4v) is 0.917. The van der Waals surface area contributed by atoms with Gasteiger partial charge in [-0.25, -0.2) is 0 Å². The van der Waals surface area contributed by atoms with Gasteiger partial charge < -0.3 is 10.1 Å². The maximum Gasteiger partial charge on any atom is 0.222 e. The van der Waals surface area contributed by atoms with Gasteiger partial charge in [-0.3, -0.25) is 4.79 Å². The zero-order valence-electron chi connectivity index (χ0n) is 7.73. The van der Waals surface area contributed by atoms with Crippen molar-refractivity contribution < 1.29 is 9.53 Å². The van der Waals surface area contributed by atoms with Crippen molar-refractivity contribution in [3.63, 3.8) is 0 Å². The van der Waals surface area contributed by atoms with E-state index >= 15 is 0 Å². The molecular formula is C8H17NO2. The molecule has 0 spiro atoms. The summed E-state index contributed by atoms with van der Waals surface area (Å²) in [6, 6.07) is 0. The van der Waals surface area contributed by atoms with Gasteiger partial charge in [0, 0.05) is 13.7 Å². The van der Waals surface area contributed by atoms with E-state index in [0.717, 1.165) is 0 Å². The summed E-state index contributed by atoms with van der Waals surface area (Å²) in [5, 5.41) is 2.56. The topological polar surface area (TPSA) is 38.3 Å². The molecule has 3 heteroatoms. The standard InChI is InChI=1S/C8H17NO2/c1-5-11-8(2,3)6-7(10)9-4/h5-6H2,1-4H3,(H,9,10). The highest BCUT2D eigenvalue weighted by atomic mass is 16.5. The van der Waals surface area contributed by atoms with Gasteiger partial charge in [-0.15, -0.1) is 0 Å². The molecule has 0 radical (unpaired) electrons. The molecule has 0 aromatic heterocycles. The van der Waals surface area contributed by atoms with Crippen LogP contribution in [0, 0.1) is 0 Å². The summed E-state index contributed by atoms with van der Waals surface area (Å²) in [5.41, 5.74) is -0.338. The Hall–Kier alpha value is -0.570. The maximum atomic E-state index is 10.9. The van der Waals surface area contributed by atoms with Crippen LogP contribution in [-0.2, 0) is 9.53 Å². The van der Waals surface area contributed by atoms with Gasteiger partial charge in [0.2, 0.25) is 5.91 Å². The van der Waals surface area contributed by atoms with Gasteiger partial charge in [-0.2, -0.15) is 0 Å². The summed E-state index contributed by atoms with van der Waals surface area (Å²) in [7, 11) is 1.63. The molecule has 0 saturated carbocycles. The van der Waals surface area contributed by atoms with E-state index in [1.54, 1.807) is 7.05 Å². The lowest BCUT2D eigenvalue weighted by Gasteiger charge is -2.23. The summed E-state index contributed by atoms with van der Waals surface area (Å²) in [5.74, 6) is 0.0171. The number of amides is 1. The highest BCUT2D eigenvalue weighted by Gasteiger charge is 2.20. The Morgan fingerprint density at radius 3 is 2.45 bits per heavy atom. The molecule has 1 amide bonds. The monoisotopic (exact) mass is 159 g/mol. The molecule has 0 unspecified atom stereocenters. The first-order valence-corrected chi connectivity index (χ1v) is 3.86. The molecule has 0 rings (SSSR count). The van der Waals surface area contributed by atoms with E-state index in [9.17, 15) is 4.79 Å². The van der Waals surface area contributed by atoms with Crippen LogP contribution in [0.1, 0.15) is 27.2 Å². The number of nitrogens with one attached hydrogen (secondary N) is 1. The zero-order valence-corrected chi connectivity index (χ0v) is 7.73. The van der Waals surface area contributed by atoms with Gasteiger partial charge in [0.1, 0.15) is 0 Å². The van der Waals surface area contributed by atoms with Crippen molar-refractivity contribution in [2.24, 2.45) is 0 Å². The molecular weight excluding hydrogens is 142 g/mol. The molecule has 0 saturated heterocycles. The number of ether oxygens (including phenoxy) is 1. The summed E-state index contributed by atoms with van der Waals surface area (Å²) >= 11 is 0. The fraction of sp³-hybridized carbons (Fsp3) is 0.875. The van der Waals surface area contributed by atoms with Crippen LogP contribution in [0.3, 0.4) is 0 Å². The highest BCUT2D eigenvalue weighted by molar-refractivity contribution is 5.76. The van der Waals surface area contributed by atoms with E-state index in [4.69, 9.17) is 4.74 Å². The molecule has 0 aromatic rings. The van der Waals surface area contributed by atoms with Crippen LogP contribution in [0.5, 0.6) is 0 Å². The van der Waals surface area contributed by atoms with Crippen LogP contribution in [0.2, 0.25) is 0 Å². The van der Waals surface area contributed by atoms with Gasteiger partial charge in [0.15, 0.2) is 0 Å². The lowest BCUT2D eigenvalue weighted by Crippen LogP contribution is -2.32. The molecule has 0 aliphatic heterocycles. The van der Waals surface area contributed by atoms with Crippen molar-refractivity contribution in [3.8, 4) is 0 Å². The third kappa shape index (κ3) is 4.79. The van der Waals surface area contributed by atoms with Crippen molar-refractivity contribution in [3.05, 3.63) is 0 Å². The lowest BCUT2D eigenvalue weighted by atomic mass is 10.1. The number of hydrogen-bond acceptors (Lipinski definition) is 2. The minimum atomic E-state index is -0.338. The van der Waals surface area contributed by atoms with E-state index in [1.165, 1.54) is 0 Å². The van der Waals surface area contributed by atoms with Gasteiger partial charge in [0.05, 0.1) is 12.0 Å². The van der Waals surface area contributed by atoms with Gasteiger partial charge in [-0.05, 0) is 20.8 Å². The second-order valence-electron chi connectivity index (χ2n) is 3.04. The smallest absolute Gasteiger partial charge is 0.222 e. The molecule has 1 N–H and O–H groups in total. The van der Waals surface area contributed by atoms with Crippen LogP contribution in [-0.4, -0.2) is 25.2 Å². The second-order valence-corrected chi connectivity index (χ2v) is 3.04. The van der Waals surface area contributed by atoms with Crippen LogP contribution in [0.15, 0.2) is 0 Å². The Morgan fingerprint density at radius 1 is 1.55 bits per heavy atom. The summed E-state index contributed by atoms with van der Waals surface area (Å²) in [6.07, 6.45) is 0.414. The molecule has 0 aliphatic carbocycles. The Bertz CT molecular complexity index is 132. The summed E-state index contributed by atoms with van der Waals surface area (Å²) < 4.78 is 5.34. The van der Waals surface area contributed by atoms with E-state index in [0.29, 0.717) is 13.0 Å². The average molecular weight is 159 g/mol. The van der Waals surface area contributed by atoms with Crippen molar-refractivity contribution >= 4 is 5.91 Å². The third-order valence-corrected chi connectivity index (χ3v) is 1.40. The van der Waals surface area contributed by atoms with Crippen molar-refractivity contribution in [1.82, 2.24) is 5.32 Å². The fourth-order valence-electron chi connectivity index (χ4n) is 0.917. The van der Waals surface area contributed by atoms with Crippen molar-refractivity contribution in [2.75, 3.05) is 13.7 Å². The molecule has 0 heterocycles. The molecule has 11 heavy (non-hydrogen) atoms. The van der Waals surface area contributed by atoms with Crippen molar-refractivity contribution in [2.45, 2.75) is 32.8 Å². The SMILES string of the molecule is CCOC(C)(C)CC(=O)NC. The second kappa shape index (κ2) is 4.34. The number of hydrogen-bond donors (Lipinski definition) is 1. The summed E-state index contributed by atoms with van der Waals surface area (Å²) in [4.78, 5) is 10.9. The molecule has 0 bridgehead atoms. The number of carbonyl (C=O) groups is 1. The molecule has 0 aliphatic rings. The molecule has 0 aromatic carbocycles. The van der Waals surface area contributed by atoms with Crippen molar-refractivity contribution in [1.29, 1.82) is 0 Å². The molecule has 0 fully saturated rings. The molecule has 3 nitrogen and oxygen atoms in total. The van der Waals surface area contributed by atoms with Gasteiger partial charge in [-0.1, -0.05) is 0 Å². The minimum Gasteiger partial charge on any atom is -0.375 e. The zero-order chi connectivity index (χ0) is 8.91. The first-order valence-electron chi connectivity index (χ1n) is 3.86. The third-order valence-electron chi connectivity index (χ3n) is 1.40. The first-order chi connectivity index (χ1) is 5.02. The first kappa shape index (κ1) is 10.4. The van der Waals surface area contributed by atoms with Gasteiger partial charge >= 0.3 is 0 Å². The Morgan fingerprint density at radius 2 is 2.09 bits per heavy atom. The lowest BCUT2D eigenvalue weighted by molar-refractivity contribution is -0.126. The van der Waals surface area contributed by atoms with E-state index < -0.39 is 0 Å². The highest BCUT2D eigenvalue weighted by Crippen LogP contribution is 2.13. The van der Waals surface area contributed by atoms with Gasteiger partial charge in [0.25, 0.3) is 0 Å². The molecule has 66 valence electrons. The quantitative estimate of drug-likeness (QED) is 0.663. The summed E-state index contributed by atoms with van der Waals surface area (Å²) in [6.45, 7) is 6.38. The molecule has 0 atom stereocenters. The normalized spacial score (nSPS) is 11.3. The minimum absolute atomic E-state index is 0.0171. The van der Waals surface area contributed by atoms with Crippen LogP contribution in [0.4, 0.5) is 0 Å². The van der Waals surface area contributed by atoms with Crippen LogP contribution < -0.4 is 5.32 Å². The van der Waals surface area contributed by atoms with E-state index in [1.807, 2.05) is 20.8 Å².